The van der Waals surface area contributed by atoms with E-state index in [1.165, 1.54) is 4.88 Å². The average Bonchev–Trinajstić information content (AvgIpc) is 2.96. The van der Waals surface area contributed by atoms with Crippen LogP contribution in [0.15, 0.2) is 6.20 Å². The number of piperidine rings is 1. The number of nitrogens with zero attached hydrogens (tertiary/aromatic N) is 2. The Balaban J connectivity index is 1.77. The monoisotopic (exact) mass is 311 g/mol. The highest BCUT2D eigenvalue weighted by Gasteiger charge is 2.25. The number of aliphatic hydroxyl groups excluding tert-OH is 1. The van der Waals surface area contributed by atoms with Gasteiger partial charge in [0.2, 0.25) is 0 Å². The highest BCUT2D eigenvalue weighted by atomic mass is 32.1. The van der Waals surface area contributed by atoms with E-state index in [2.05, 4.69) is 17.2 Å². The number of carbonyl (C=O) groups is 1. The van der Waals surface area contributed by atoms with Crippen molar-refractivity contribution in [3.05, 3.63) is 16.1 Å². The quantitative estimate of drug-likeness (QED) is 0.846. The molecule has 1 aromatic heterocycles. The summed E-state index contributed by atoms with van der Waals surface area (Å²) >= 11 is 1.72. The van der Waals surface area contributed by atoms with Crippen molar-refractivity contribution in [1.82, 2.24) is 15.2 Å². The number of carbonyl (C=O) groups excluding carboxylic acids is 1. The first-order valence-electron chi connectivity index (χ1n) is 7.83. The van der Waals surface area contributed by atoms with Crippen molar-refractivity contribution in [2.45, 2.75) is 51.5 Å². The number of hydrogen-bond donors (Lipinski definition) is 2. The van der Waals surface area contributed by atoms with E-state index in [-0.39, 0.29) is 18.7 Å². The van der Waals surface area contributed by atoms with Crippen molar-refractivity contribution in [1.29, 1.82) is 0 Å². The Kier molecular flexibility index (Phi) is 6.45. The van der Waals surface area contributed by atoms with Gasteiger partial charge >= 0.3 is 6.03 Å². The van der Waals surface area contributed by atoms with Crippen molar-refractivity contribution in [2.24, 2.45) is 0 Å². The molecule has 0 aromatic carbocycles. The smallest absolute Gasteiger partial charge is 0.317 e. The molecule has 118 valence electrons. The lowest BCUT2D eigenvalue weighted by Crippen LogP contribution is -2.49. The van der Waals surface area contributed by atoms with Crippen molar-refractivity contribution in [3.63, 3.8) is 0 Å². The third-order valence-corrected chi connectivity index (χ3v) is 5.12. The number of amides is 2. The summed E-state index contributed by atoms with van der Waals surface area (Å²) in [5.74, 6) is 0. The van der Waals surface area contributed by atoms with Crippen LogP contribution in [-0.4, -0.2) is 46.8 Å². The van der Waals surface area contributed by atoms with E-state index >= 15 is 0 Å². The minimum atomic E-state index is 0.000390. The number of likely N-dealkylation sites (tertiary alicyclic amines) is 1. The number of aromatic nitrogens is 1. The van der Waals surface area contributed by atoms with E-state index < -0.39 is 0 Å². The largest absolute Gasteiger partial charge is 0.396 e. The van der Waals surface area contributed by atoms with E-state index in [0.29, 0.717) is 13.0 Å². The van der Waals surface area contributed by atoms with Crippen LogP contribution in [0.25, 0.3) is 0 Å². The van der Waals surface area contributed by atoms with Gasteiger partial charge < -0.3 is 15.3 Å². The van der Waals surface area contributed by atoms with E-state index in [1.807, 2.05) is 11.1 Å². The summed E-state index contributed by atoms with van der Waals surface area (Å²) in [6, 6.07) is 0.190. The number of aliphatic hydroxyl groups is 1. The maximum atomic E-state index is 12.3. The molecule has 1 atom stereocenters. The van der Waals surface area contributed by atoms with Crippen LogP contribution in [0.5, 0.6) is 0 Å². The predicted molar refractivity (Wildman–Crippen MR) is 84.6 cm³/mol. The van der Waals surface area contributed by atoms with Crippen molar-refractivity contribution < 1.29 is 9.90 Å². The lowest BCUT2D eigenvalue weighted by molar-refractivity contribution is 0.132. The highest BCUT2D eigenvalue weighted by molar-refractivity contribution is 7.11. The summed E-state index contributed by atoms with van der Waals surface area (Å²) in [5.41, 5.74) is 0. The zero-order valence-electron chi connectivity index (χ0n) is 12.7. The number of nitrogens with one attached hydrogen (secondary N) is 1. The fraction of sp³-hybridized carbons (Fsp3) is 0.733. The van der Waals surface area contributed by atoms with Crippen LogP contribution in [0.1, 0.15) is 42.5 Å². The Morgan fingerprint density at radius 2 is 2.43 bits per heavy atom. The van der Waals surface area contributed by atoms with Gasteiger partial charge in [0, 0.05) is 43.2 Å². The second kappa shape index (κ2) is 8.34. The van der Waals surface area contributed by atoms with Crippen LogP contribution in [0.3, 0.4) is 0 Å². The summed E-state index contributed by atoms with van der Waals surface area (Å²) < 4.78 is 0. The molecule has 1 fully saturated rings. The number of thiazole rings is 1. The van der Waals surface area contributed by atoms with Gasteiger partial charge in [0.15, 0.2) is 0 Å². The molecular formula is C15H25N3O2S. The van der Waals surface area contributed by atoms with Gasteiger partial charge in [0.25, 0.3) is 0 Å². The van der Waals surface area contributed by atoms with Gasteiger partial charge in [0.05, 0.1) is 5.01 Å². The molecule has 1 aliphatic rings. The molecule has 1 aliphatic heterocycles. The third kappa shape index (κ3) is 4.68. The summed E-state index contributed by atoms with van der Waals surface area (Å²) in [6.45, 7) is 3.69. The molecule has 2 N–H and O–H groups in total. The molecule has 0 bridgehead atoms. The lowest BCUT2D eigenvalue weighted by atomic mass is 10.0. The zero-order chi connectivity index (χ0) is 15.1. The first-order valence-corrected chi connectivity index (χ1v) is 8.65. The lowest BCUT2D eigenvalue weighted by Gasteiger charge is -2.35. The van der Waals surface area contributed by atoms with Crippen molar-refractivity contribution in [2.75, 3.05) is 19.7 Å². The van der Waals surface area contributed by atoms with Crippen LogP contribution in [0.4, 0.5) is 4.79 Å². The Hall–Kier alpha value is -1.14. The van der Waals surface area contributed by atoms with E-state index in [4.69, 9.17) is 5.11 Å². The van der Waals surface area contributed by atoms with Gasteiger partial charge in [-0.3, -0.25) is 0 Å². The maximum Gasteiger partial charge on any atom is 0.317 e. The van der Waals surface area contributed by atoms with Gasteiger partial charge in [-0.1, -0.05) is 6.92 Å². The summed E-state index contributed by atoms with van der Waals surface area (Å²) in [4.78, 5) is 19.8. The Bertz CT molecular complexity index is 448. The van der Waals surface area contributed by atoms with Gasteiger partial charge in [-0.25, -0.2) is 9.78 Å². The van der Waals surface area contributed by atoms with Gasteiger partial charge in [-0.05, 0) is 32.1 Å². The summed E-state index contributed by atoms with van der Waals surface area (Å²) in [5, 5.41) is 13.2. The molecule has 2 rings (SSSR count). The van der Waals surface area contributed by atoms with E-state index in [9.17, 15) is 4.79 Å². The number of hydrogen-bond acceptors (Lipinski definition) is 4. The Morgan fingerprint density at radius 1 is 1.57 bits per heavy atom. The normalized spacial score (nSPS) is 18.8. The molecule has 1 aromatic rings. The van der Waals surface area contributed by atoms with Gasteiger partial charge in [-0.15, -0.1) is 11.3 Å². The molecule has 0 saturated carbocycles. The van der Waals surface area contributed by atoms with Crippen LogP contribution >= 0.6 is 11.3 Å². The summed E-state index contributed by atoms with van der Waals surface area (Å²) in [7, 11) is 0. The second-order valence-electron chi connectivity index (χ2n) is 5.41. The van der Waals surface area contributed by atoms with E-state index in [0.717, 1.165) is 43.7 Å². The van der Waals surface area contributed by atoms with Crippen LogP contribution < -0.4 is 5.32 Å². The van der Waals surface area contributed by atoms with E-state index in [1.54, 1.807) is 11.3 Å². The molecule has 0 radical (unpaired) electrons. The topological polar surface area (TPSA) is 65.5 Å². The number of aryl methyl sites for hydroxylation is 1. The molecular weight excluding hydrogens is 286 g/mol. The van der Waals surface area contributed by atoms with Crippen molar-refractivity contribution >= 4 is 17.4 Å². The fourth-order valence-corrected chi connectivity index (χ4v) is 3.58. The van der Waals surface area contributed by atoms with Gasteiger partial charge in [-0.2, -0.15) is 0 Å². The van der Waals surface area contributed by atoms with Gasteiger partial charge in [0.1, 0.15) is 0 Å². The predicted octanol–water partition coefficient (Wildman–Crippen LogP) is 2.19. The number of rotatable bonds is 6. The average molecular weight is 311 g/mol. The third-order valence-electron chi connectivity index (χ3n) is 3.92. The molecule has 0 aliphatic carbocycles. The van der Waals surface area contributed by atoms with Crippen LogP contribution in [0.2, 0.25) is 0 Å². The van der Waals surface area contributed by atoms with Crippen molar-refractivity contribution in [3.8, 4) is 0 Å². The molecule has 6 heteroatoms. The zero-order valence-corrected chi connectivity index (χ0v) is 13.5. The standard InChI is InChI=1S/C15H25N3O2S/c1-2-13-11-17-14(21-13)6-8-16-15(20)18-9-4-3-5-12(18)7-10-19/h11-12,19H,2-10H2,1H3,(H,16,20). The second-order valence-corrected chi connectivity index (χ2v) is 6.61. The van der Waals surface area contributed by atoms with Crippen LogP contribution in [-0.2, 0) is 12.8 Å². The molecule has 5 nitrogen and oxygen atoms in total. The molecule has 1 unspecified atom stereocenters. The summed E-state index contributed by atoms with van der Waals surface area (Å²) in [6.07, 6.45) is 7.61. The first-order chi connectivity index (χ1) is 10.2. The SMILES string of the molecule is CCc1cnc(CCNC(=O)N2CCCCC2CCO)s1. The van der Waals surface area contributed by atoms with Crippen LogP contribution in [0, 0.1) is 0 Å². The molecule has 2 amide bonds. The fourth-order valence-electron chi connectivity index (χ4n) is 2.72. The molecule has 2 heterocycles. The molecule has 1 saturated heterocycles. The minimum Gasteiger partial charge on any atom is -0.396 e. The first kappa shape index (κ1) is 16.2. The molecule has 0 spiro atoms. The molecule has 21 heavy (non-hydrogen) atoms. The maximum absolute atomic E-state index is 12.3. The Morgan fingerprint density at radius 3 is 3.14 bits per heavy atom. The highest BCUT2D eigenvalue weighted by Crippen LogP contribution is 2.19. The Labute approximate surface area is 130 Å². The number of urea groups is 1. The minimum absolute atomic E-state index is 0.000390.